The number of carbonyl (C=O) groups excluding carboxylic acids is 1. The van der Waals surface area contributed by atoms with Gasteiger partial charge in [-0.15, -0.1) is 10.2 Å². The molecule has 7 nitrogen and oxygen atoms in total. The van der Waals surface area contributed by atoms with E-state index in [-0.39, 0.29) is 29.2 Å². The molecule has 1 aromatic heterocycles. The van der Waals surface area contributed by atoms with Crippen LogP contribution in [0.1, 0.15) is 31.0 Å². The van der Waals surface area contributed by atoms with Gasteiger partial charge in [0.15, 0.2) is 15.0 Å². The van der Waals surface area contributed by atoms with E-state index in [1.807, 2.05) is 65.2 Å². The second-order valence-corrected chi connectivity index (χ2v) is 11.4. The molecule has 166 valence electrons. The van der Waals surface area contributed by atoms with Crippen LogP contribution < -0.4 is 4.90 Å². The highest BCUT2D eigenvalue weighted by Crippen LogP contribution is 2.41. The monoisotopic (exact) mass is 468 g/mol. The van der Waals surface area contributed by atoms with Gasteiger partial charge in [0.05, 0.1) is 23.3 Å². The van der Waals surface area contributed by atoms with E-state index < -0.39 is 9.84 Å². The molecule has 5 rings (SSSR count). The standard InChI is InChI=1S/C23H24N4O3S2/c28-21(26(18-7-3-1-4-8-18)20-13-14-32(29,30)16-20)15-31-23-25-24-22(17-11-12-17)27(23)19-9-5-2-6-10-19/h1-10,17,20H,11-16H2. The average Bonchev–Trinajstić information content (AvgIpc) is 3.46. The molecule has 1 aliphatic carbocycles. The third-order valence-corrected chi connectivity index (χ3v) is 8.48. The number of amides is 1. The fourth-order valence-corrected chi connectivity index (χ4v) is 6.64. The summed E-state index contributed by atoms with van der Waals surface area (Å²) >= 11 is 1.35. The van der Waals surface area contributed by atoms with Crippen LogP contribution in [0.4, 0.5) is 5.69 Å². The number of carbonyl (C=O) groups is 1. The summed E-state index contributed by atoms with van der Waals surface area (Å²) in [4.78, 5) is 15.0. The molecule has 1 amide bonds. The summed E-state index contributed by atoms with van der Waals surface area (Å²) < 4.78 is 26.2. The van der Waals surface area contributed by atoms with E-state index in [4.69, 9.17) is 0 Å². The van der Waals surface area contributed by atoms with Crippen molar-refractivity contribution in [3.05, 3.63) is 66.5 Å². The zero-order chi connectivity index (χ0) is 22.1. The fourth-order valence-electron chi connectivity index (χ4n) is 4.12. The molecule has 2 heterocycles. The molecule has 2 aliphatic rings. The number of sulfone groups is 1. The second-order valence-electron chi connectivity index (χ2n) is 8.23. The van der Waals surface area contributed by atoms with Gasteiger partial charge in [0.2, 0.25) is 5.91 Å². The van der Waals surface area contributed by atoms with Crippen LogP contribution in [0.15, 0.2) is 65.8 Å². The van der Waals surface area contributed by atoms with E-state index in [1.165, 1.54) is 11.8 Å². The molecule has 2 aromatic carbocycles. The Morgan fingerprint density at radius 1 is 1.00 bits per heavy atom. The van der Waals surface area contributed by atoms with Crippen molar-refractivity contribution in [2.24, 2.45) is 0 Å². The largest absolute Gasteiger partial charge is 0.308 e. The predicted octanol–water partition coefficient (Wildman–Crippen LogP) is 3.46. The smallest absolute Gasteiger partial charge is 0.237 e. The molecule has 9 heteroatoms. The Morgan fingerprint density at radius 2 is 1.69 bits per heavy atom. The van der Waals surface area contributed by atoms with Crippen molar-refractivity contribution in [1.82, 2.24) is 14.8 Å². The van der Waals surface area contributed by atoms with Crippen LogP contribution in [-0.4, -0.2) is 52.4 Å². The van der Waals surface area contributed by atoms with E-state index in [2.05, 4.69) is 10.2 Å². The Bertz CT molecular complexity index is 1210. The zero-order valence-electron chi connectivity index (χ0n) is 17.5. The normalized spacial score (nSPS) is 19.7. The van der Waals surface area contributed by atoms with E-state index >= 15 is 0 Å². The average molecular weight is 469 g/mol. The highest BCUT2D eigenvalue weighted by molar-refractivity contribution is 7.99. The quantitative estimate of drug-likeness (QED) is 0.494. The fraction of sp³-hybridized carbons (Fsp3) is 0.348. The van der Waals surface area contributed by atoms with Crippen molar-refractivity contribution in [1.29, 1.82) is 0 Å². The summed E-state index contributed by atoms with van der Waals surface area (Å²) in [5, 5.41) is 9.49. The molecular weight excluding hydrogens is 444 g/mol. The van der Waals surface area contributed by atoms with Gasteiger partial charge < -0.3 is 4.90 Å². The van der Waals surface area contributed by atoms with Crippen LogP contribution in [0, 0.1) is 0 Å². The minimum atomic E-state index is -3.12. The lowest BCUT2D eigenvalue weighted by atomic mass is 10.2. The van der Waals surface area contributed by atoms with Gasteiger partial charge >= 0.3 is 0 Å². The van der Waals surface area contributed by atoms with Crippen LogP contribution >= 0.6 is 11.8 Å². The van der Waals surface area contributed by atoms with Crippen LogP contribution in [0.5, 0.6) is 0 Å². The lowest BCUT2D eigenvalue weighted by Gasteiger charge is -2.28. The summed E-state index contributed by atoms with van der Waals surface area (Å²) in [6.07, 6.45) is 2.67. The first kappa shape index (κ1) is 21.2. The Labute approximate surface area is 191 Å². The van der Waals surface area contributed by atoms with Gasteiger partial charge in [0, 0.05) is 17.3 Å². The molecule has 3 aromatic rings. The molecule has 0 radical (unpaired) electrons. The van der Waals surface area contributed by atoms with Crippen molar-refractivity contribution >= 4 is 33.2 Å². The first-order valence-corrected chi connectivity index (χ1v) is 13.5. The summed E-state index contributed by atoms with van der Waals surface area (Å²) in [6.45, 7) is 0. The number of aromatic nitrogens is 3. The van der Waals surface area contributed by atoms with Crippen molar-refractivity contribution in [3.8, 4) is 5.69 Å². The molecule has 1 saturated carbocycles. The van der Waals surface area contributed by atoms with Gasteiger partial charge in [0.25, 0.3) is 0 Å². The molecule has 1 aliphatic heterocycles. The van der Waals surface area contributed by atoms with E-state index in [0.29, 0.717) is 17.5 Å². The molecular formula is C23H24N4O3S2. The molecule has 0 N–H and O–H groups in total. The van der Waals surface area contributed by atoms with Crippen LogP contribution in [-0.2, 0) is 14.6 Å². The Kier molecular flexibility index (Phi) is 5.77. The Balaban J connectivity index is 1.39. The SMILES string of the molecule is O=C(CSc1nnc(C2CC2)n1-c1ccccc1)N(c1ccccc1)C1CCS(=O)(=O)C1. The lowest BCUT2D eigenvalue weighted by molar-refractivity contribution is -0.116. The van der Waals surface area contributed by atoms with Gasteiger partial charge in [-0.2, -0.15) is 0 Å². The minimum Gasteiger partial charge on any atom is -0.308 e. The number of rotatable bonds is 7. The van der Waals surface area contributed by atoms with Crippen molar-refractivity contribution in [3.63, 3.8) is 0 Å². The number of hydrogen-bond donors (Lipinski definition) is 0. The number of benzene rings is 2. The predicted molar refractivity (Wildman–Crippen MR) is 125 cm³/mol. The zero-order valence-corrected chi connectivity index (χ0v) is 19.1. The minimum absolute atomic E-state index is 0.00429. The van der Waals surface area contributed by atoms with Gasteiger partial charge in [-0.25, -0.2) is 8.42 Å². The first-order valence-electron chi connectivity index (χ1n) is 10.7. The van der Waals surface area contributed by atoms with E-state index in [0.717, 1.165) is 30.0 Å². The maximum atomic E-state index is 13.4. The topological polar surface area (TPSA) is 85.2 Å². The Morgan fingerprint density at radius 3 is 2.31 bits per heavy atom. The Hall–Kier alpha value is -2.65. The summed E-state index contributed by atoms with van der Waals surface area (Å²) in [5.74, 6) is 1.50. The third kappa shape index (κ3) is 4.45. The van der Waals surface area contributed by atoms with Gasteiger partial charge in [-0.1, -0.05) is 48.2 Å². The molecule has 1 atom stereocenters. The molecule has 1 unspecified atom stereocenters. The van der Waals surface area contributed by atoms with Crippen molar-refractivity contribution < 1.29 is 13.2 Å². The summed E-state index contributed by atoms with van der Waals surface area (Å²) in [7, 11) is -3.12. The second kappa shape index (κ2) is 8.71. The summed E-state index contributed by atoms with van der Waals surface area (Å²) in [6, 6.07) is 18.9. The van der Waals surface area contributed by atoms with Crippen LogP contribution in [0.3, 0.4) is 0 Å². The summed E-state index contributed by atoms with van der Waals surface area (Å²) in [5.41, 5.74) is 1.71. The van der Waals surface area contributed by atoms with E-state index in [9.17, 15) is 13.2 Å². The maximum absolute atomic E-state index is 13.4. The van der Waals surface area contributed by atoms with Gasteiger partial charge in [0.1, 0.15) is 5.82 Å². The number of anilines is 1. The maximum Gasteiger partial charge on any atom is 0.237 e. The first-order chi connectivity index (χ1) is 15.5. The third-order valence-electron chi connectivity index (χ3n) is 5.82. The molecule has 1 saturated heterocycles. The number of nitrogens with zero attached hydrogens (tertiary/aromatic N) is 4. The highest BCUT2D eigenvalue weighted by Gasteiger charge is 2.36. The number of para-hydroxylation sites is 2. The van der Waals surface area contributed by atoms with Crippen molar-refractivity contribution in [2.45, 2.75) is 36.4 Å². The van der Waals surface area contributed by atoms with Gasteiger partial charge in [-0.05, 0) is 43.5 Å². The molecule has 0 spiro atoms. The molecule has 2 fully saturated rings. The van der Waals surface area contributed by atoms with E-state index in [1.54, 1.807) is 4.90 Å². The molecule has 0 bridgehead atoms. The van der Waals surface area contributed by atoms with Crippen LogP contribution in [0.25, 0.3) is 5.69 Å². The lowest BCUT2D eigenvalue weighted by Crippen LogP contribution is -2.42. The van der Waals surface area contributed by atoms with Crippen molar-refractivity contribution in [2.75, 3.05) is 22.2 Å². The number of hydrogen-bond acceptors (Lipinski definition) is 6. The highest BCUT2D eigenvalue weighted by atomic mass is 32.2. The van der Waals surface area contributed by atoms with Gasteiger partial charge in [-0.3, -0.25) is 9.36 Å². The number of thioether (sulfide) groups is 1. The van der Waals surface area contributed by atoms with Crippen LogP contribution in [0.2, 0.25) is 0 Å². The molecule has 32 heavy (non-hydrogen) atoms.